The summed E-state index contributed by atoms with van der Waals surface area (Å²) < 4.78 is 28.8. The predicted molar refractivity (Wildman–Crippen MR) is 135 cm³/mol. The molecule has 0 aliphatic carbocycles. The third-order valence-corrected chi connectivity index (χ3v) is 7.71. The first-order valence-corrected chi connectivity index (χ1v) is 12.3. The summed E-state index contributed by atoms with van der Waals surface area (Å²) in [6.45, 7) is 3.79. The first kappa shape index (κ1) is 22.1. The second-order valence-electron chi connectivity index (χ2n) is 7.96. The summed E-state index contributed by atoms with van der Waals surface area (Å²) in [4.78, 5) is 9.28. The summed E-state index contributed by atoms with van der Waals surface area (Å²) in [5.74, 6) is -0.0678. The fourth-order valence-electron chi connectivity index (χ4n) is 3.71. The maximum atomic E-state index is 13.8. The molecule has 0 spiro atoms. The lowest BCUT2D eigenvalue weighted by Gasteiger charge is -2.07. The van der Waals surface area contributed by atoms with Crippen LogP contribution in [0.1, 0.15) is 16.7 Å². The zero-order valence-electron chi connectivity index (χ0n) is 18.4. The van der Waals surface area contributed by atoms with E-state index in [-0.39, 0.29) is 26.8 Å². The highest BCUT2D eigenvalue weighted by molar-refractivity contribution is 7.92. The Morgan fingerprint density at radius 2 is 1.68 bits per heavy atom. The van der Waals surface area contributed by atoms with Crippen molar-refractivity contribution in [1.29, 1.82) is 0 Å². The summed E-state index contributed by atoms with van der Waals surface area (Å²) in [5, 5.41) is 5.01. The van der Waals surface area contributed by atoms with Crippen LogP contribution in [0.3, 0.4) is 0 Å². The summed E-state index contributed by atoms with van der Waals surface area (Å²) in [6.07, 6.45) is 1.55. The highest BCUT2D eigenvalue weighted by Gasteiger charge is 2.30. The van der Waals surface area contributed by atoms with Gasteiger partial charge in [-0.25, -0.2) is 18.4 Å². The Balaban J connectivity index is 1.80. The van der Waals surface area contributed by atoms with Gasteiger partial charge in [-0.15, -0.1) is 0 Å². The number of nitrogen functional groups attached to an aromatic ring is 1. The molecular weight excluding hydrogens is 470 g/mol. The van der Waals surface area contributed by atoms with Crippen LogP contribution in [0.5, 0.6) is 0 Å². The number of fused-ring (bicyclic) bond motifs is 2. The molecule has 0 amide bonds. The monoisotopic (exact) mass is 489 g/mol. The average Bonchev–Trinajstić information content (AvgIpc) is 3.08. The van der Waals surface area contributed by atoms with E-state index in [1.54, 1.807) is 54.7 Å². The zero-order valence-corrected chi connectivity index (χ0v) is 20.0. The fraction of sp³-hybridized carbons (Fsp3) is 0.0800. The molecule has 0 aliphatic rings. The summed E-state index contributed by atoms with van der Waals surface area (Å²) in [6, 6.07) is 19.3. The second kappa shape index (κ2) is 8.23. The Morgan fingerprint density at radius 3 is 2.38 bits per heavy atom. The molecule has 0 fully saturated rings. The van der Waals surface area contributed by atoms with Gasteiger partial charge in [0.15, 0.2) is 5.65 Å². The molecule has 0 bridgehead atoms. The molecule has 3 aromatic carbocycles. The SMILES string of the molecule is Cc1ccc(S(=O)(=O)c2c(N)n(/N=C\c3cccc(Cl)c3)c3nc4ccccc4nc23)cc1C. The van der Waals surface area contributed by atoms with Crippen molar-refractivity contribution in [2.75, 3.05) is 5.73 Å². The van der Waals surface area contributed by atoms with E-state index in [1.807, 2.05) is 32.0 Å². The van der Waals surface area contributed by atoms with Gasteiger partial charge in [0.25, 0.3) is 0 Å². The summed E-state index contributed by atoms with van der Waals surface area (Å²) >= 11 is 6.08. The number of hydrogen-bond acceptors (Lipinski definition) is 6. The molecule has 34 heavy (non-hydrogen) atoms. The first-order valence-electron chi connectivity index (χ1n) is 10.4. The maximum absolute atomic E-state index is 13.8. The number of para-hydroxylation sites is 2. The van der Waals surface area contributed by atoms with Gasteiger partial charge in [0.2, 0.25) is 9.84 Å². The smallest absolute Gasteiger partial charge is 0.212 e. The van der Waals surface area contributed by atoms with Crippen molar-refractivity contribution >= 4 is 55.7 Å². The van der Waals surface area contributed by atoms with Crippen LogP contribution >= 0.6 is 11.6 Å². The molecule has 0 saturated carbocycles. The minimum absolute atomic E-state index is 0.0678. The fourth-order valence-corrected chi connectivity index (χ4v) is 5.48. The number of nitrogens with zero attached hydrogens (tertiary/aromatic N) is 4. The molecule has 0 radical (unpaired) electrons. The van der Waals surface area contributed by atoms with Crippen LogP contribution in [-0.2, 0) is 9.84 Å². The van der Waals surface area contributed by atoms with Crippen LogP contribution in [-0.4, -0.2) is 29.3 Å². The number of rotatable bonds is 4. The van der Waals surface area contributed by atoms with E-state index in [1.165, 1.54) is 4.68 Å². The maximum Gasteiger partial charge on any atom is 0.212 e. The van der Waals surface area contributed by atoms with Crippen molar-refractivity contribution in [2.24, 2.45) is 5.10 Å². The Bertz CT molecular complexity index is 1730. The molecule has 0 saturated heterocycles. The number of nitrogens with two attached hydrogens (primary N) is 1. The van der Waals surface area contributed by atoms with Gasteiger partial charge in [-0.3, -0.25) is 0 Å². The standard InChI is InChI=1S/C25H20ClN5O2S/c1-15-10-11-19(12-16(15)2)34(32,33)23-22-25(30-21-9-4-3-8-20(21)29-22)31(24(23)27)28-14-17-6-5-7-18(26)13-17/h3-14H,27H2,1-2H3/b28-14-. The first-order chi connectivity index (χ1) is 16.3. The minimum Gasteiger partial charge on any atom is -0.382 e. The Kier molecular flexibility index (Phi) is 5.34. The number of aryl methyl sites for hydroxylation is 2. The molecule has 5 rings (SSSR count). The van der Waals surface area contributed by atoms with Gasteiger partial charge in [0, 0.05) is 5.02 Å². The van der Waals surface area contributed by atoms with Crippen molar-refractivity contribution < 1.29 is 8.42 Å². The molecule has 0 unspecified atom stereocenters. The molecular formula is C25H20ClN5O2S. The van der Waals surface area contributed by atoms with Crippen LogP contribution in [0.2, 0.25) is 5.02 Å². The van der Waals surface area contributed by atoms with Crippen LogP contribution in [0.15, 0.2) is 81.6 Å². The second-order valence-corrected chi connectivity index (χ2v) is 10.3. The minimum atomic E-state index is -4.02. The van der Waals surface area contributed by atoms with E-state index in [0.29, 0.717) is 16.1 Å². The van der Waals surface area contributed by atoms with E-state index in [2.05, 4.69) is 15.1 Å². The van der Waals surface area contributed by atoms with Crippen LogP contribution in [0.4, 0.5) is 5.82 Å². The molecule has 5 aromatic rings. The third kappa shape index (κ3) is 3.70. The summed E-state index contributed by atoms with van der Waals surface area (Å²) in [7, 11) is -4.02. The molecule has 0 aliphatic heterocycles. The largest absolute Gasteiger partial charge is 0.382 e. The van der Waals surface area contributed by atoms with Gasteiger partial charge in [0.1, 0.15) is 16.2 Å². The van der Waals surface area contributed by atoms with Crippen molar-refractivity contribution in [2.45, 2.75) is 23.6 Å². The van der Waals surface area contributed by atoms with Gasteiger partial charge in [-0.1, -0.05) is 41.9 Å². The number of aromatic nitrogens is 3. The molecule has 2 N–H and O–H groups in total. The number of halogens is 1. The topological polar surface area (TPSA) is 103 Å². The molecule has 9 heteroatoms. The van der Waals surface area contributed by atoms with E-state index >= 15 is 0 Å². The molecule has 2 heterocycles. The van der Waals surface area contributed by atoms with Crippen LogP contribution < -0.4 is 5.73 Å². The molecule has 170 valence electrons. The van der Waals surface area contributed by atoms with E-state index in [9.17, 15) is 8.42 Å². The molecule has 0 atom stereocenters. The van der Waals surface area contributed by atoms with E-state index < -0.39 is 9.84 Å². The number of anilines is 1. The lowest BCUT2D eigenvalue weighted by Crippen LogP contribution is -2.07. The predicted octanol–water partition coefficient (Wildman–Crippen LogP) is 5.15. The zero-order chi connectivity index (χ0) is 24.0. The Labute approximate surface area is 201 Å². The Hall–Kier alpha value is -3.75. The molecule has 7 nitrogen and oxygen atoms in total. The van der Waals surface area contributed by atoms with Gasteiger partial charge in [-0.05, 0) is 66.9 Å². The van der Waals surface area contributed by atoms with Crippen LogP contribution in [0.25, 0.3) is 22.2 Å². The van der Waals surface area contributed by atoms with Crippen molar-refractivity contribution in [3.63, 3.8) is 0 Å². The van der Waals surface area contributed by atoms with E-state index in [0.717, 1.165) is 16.7 Å². The third-order valence-electron chi connectivity index (χ3n) is 5.66. The van der Waals surface area contributed by atoms with Gasteiger partial charge in [0.05, 0.1) is 22.1 Å². The van der Waals surface area contributed by atoms with Crippen LogP contribution in [0, 0.1) is 13.8 Å². The number of hydrogen-bond donors (Lipinski definition) is 1. The molecule has 2 aromatic heterocycles. The van der Waals surface area contributed by atoms with Crippen molar-refractivity contribution in [3.05, 3.63) is 88.4 Å². The normalized spacial score (nSPS) is 12.2. The lowest BCUT2D eigenvalue weighted by atomic mass is 10.1. The average molecular weight is 490 g/mol. The highest BCUT2D eigenvalue weighted by Crippen LogP contribution is 2.35. The Morgan fingerprint density at radius 1 is 0.941 bits per heavy atom. The lowest BCUT2D eigenvalue weighted by molar-refractivity contribution is 0.597. The van der Waals surface area contributed by atoms with Gasteiger partial charge in [-0.2, -0.15) is 9.78 Å². The van der Waals surface area contributed by atoms with Gasteiger partial charge >= 0.3 is 0 Å². The quantitative estimate of drug-likeness (QED) is 0.351. The van der Waals surface area contributed by atoms with E-state index in [4.69, 9.17) is 17.3 Å². The van der Waals surface area contributed by atoms with Crippen molar-refractivity contribution in [1.82, 2.24) is 14.6 Å². The van der Waals surface area contributed by atoms with Gasteiger partial charge < -0.3 is 5.73 Å². The highest BCUT2D eigenvalue weighted by atomic mass is 35.5. The number of benzene rings is 3. The summed E-state index contributed by atoms with van der Waals surface area (Å²) in [5.41, 5.74) is 10.6. The number of sulfone groups is 1. The van der Waals surface area contributed by atoms with Crippen molar-refractivity contribution in [3.8, 4) is 0 Å².